The second kappa shape index (κ2) is 5.66. The molecule has 3 aromatic rings. The van der Waals surface area contributed by atoms with E-state index in [0.717, 1.165) is 16.8 Å². The summed E-state index contributed by atoms with van der Waals surface area (Å²) in [5.74, 6) is 1.68. The van der Waals surface area contributed by atoms with Crippen LogP contribution in [-0.4, -0.2) is 26.5 Å². The van der Waals surface area contributed by atoms with Gasteiger partial charge in [0.25, 0.3) is 0 Å². The Hall–Kier alpha value is -2.83. The van der Waals surface area contributed by atoms with Crippen LogP contribution >= 0.6 is 0 Å². The zero-order valence-corrected chi connectivity index (χ0v) is 11.6. The highest BCUT2D eigenvalue weighted by atomic mass is 16.5. The number of H-pyrrole nitrogens is 1. The molecule has 0 radical (unpaired) electrons. The first-order valence-corrected chi connectivity index (χ1v) is 6.68. The Kier molecular flexibility index (Phi) is 3.55. The van der Waals surface area contributed by atoms with Crippen LogP contribution in [0.5, 0.6) is 5.75 Å². The molecule has 7 heteroatoms. The van der Waals surface area contributed by atoms with Crippen LogP contribution < -0.4 is 15.8 Å². The van der Waals surface area contributed by atoms with Crippen LogP contribution in [0.15, 0.2) is 30.6 Å². The third-order valence-corrected chi connectivity index (χ3v) is 2.97. The number of rotatable bonds is 5. The summed E-state index contributed by atoms with van der Waals surface area (Å²) in [6.45, 7) is 3.21. The molecule has 7 nitrogen and oxygen atoms in total. The van der Waals surface area contributed by atoms with E-state index in [2.05, 4.69) is 25.3 Å². The number of anilines is 2. The van der Waals surface area contributed by atoms with Crippen LogP contribution in [0, 0.1) is 0 Å². The topological polar surface area (TPSA) is 102 Å². The number of nitrogens with one attached hydrogen (secondary N) is 2. The fraction of sp³-hybridized carbons (Fsp3) is 0.214. The number of ether oxygens (including phenoxy) is 1. The monoisotopic (exact) mass is 284 g/mol. The Morgan fingerprint density at radius 1 is 1.33 bits per heavy atom. The fourth-order valence-corrected chi connectivity index (χ4v) is 2.08. The number of fused-ring (bicyclic) bond motifs is 1. The number of aromatic nitrogens is 4. The highest BCUT2D eigenvalue weighted by Crippen LogP contribution is 2.19. The molecule has 3 rings (SSSR count). The molecular weight excluding hydrogens is 268 g/mol. The molecule has 0 atom stereocenters. The Balaban J connectivity index is 1.80. The molecule has 0 spiro atoms. The van der Waals surface area contributed by atoms with Crippen molar-refractivity contribution in [1.82, 2.24) is 19.9 Å². The van der Waals surface area contributed by atoms with Crippen molar-refractivity contribution in [2.24, 2.45) is 0 Å². The smallest absolute Gasteiger partial charge is 0.224 e. The lowest BCUT2D eigenvalue weighted by molar-refractivity contribution is 0.340. The average molecular weight is 284 g/mol. The van der Waals surface area contributed by atoms with Crippen molar-refractivity contribution in [2.45, 2.75) is 13.5 Å². The molecule has 21 heavy (non-hydrogen) atoms. The lowest BCUT2D eigenvalue weighted by Gasteiger charge is -2.09. The molecule has 108 valence electrons. The molecule has 0 aliphatic heterocycles. The van der Waals surface area contributed by atoms with Crippen LogP contribution in [-0.2, 0) is 6.54 Å². The molecule has 0 saturated carbocycles. The molecule has 0 fully saturated rings. The normalized spacial score (nSPS) is 10.7. The fourth-order valence-electron chi connectivity index (χ4n) is 2.08. The maximum Gasteiger partial charge on any atom is 0.224 e. The predicted octanol–water partition coefficient (Wildman–Crippen LogP) is 1.95. The minimum absolute atomic E-state index is 0.195. The zero-order chi connectivity index (χ0) is 14.7. The van der Waals surface area contributed by atoms with Gasteiger partial charge in [-0.3, -0.25) is 0 Å². The van der Waals surface area contributed by atoms with Gasteiger partial charge in [-0.25, -0.2) is 4.98 Å². The molecule has 1 aromatic carbocycles. The number of nitrogens with two attached hydrogens (primary N) is 1. The summed E-state index contributed by atoms with van der Waals surface area (Å²) >= 11 is 0. The number of hydrogen-bond donors (Lipinski definition) is 3. The molecular formula is C14H16N6O. The van der Waals surface area contributed by atoms with Crippen molar-refractivity contribution >= 4 is 22.9 Å². The highest BCUT2D eigenvalue weighted by Gasteiger charge is 2.08. The number of nitrogens with zero attached hydrogens (tertiary/aromatic N) is 3. The molecule has 0 aliphatic rings. The van der Waals surface area contributed by atoms with Crippen LogP contribution in [0.1, 0.15) is 12.5 Å². The molecule has 0 saturated heterocycles. The third kappa shape index (κ3) is 2.86. The molecule has 0 aliphatic carbocycles. The van der Waals surface area contributed by atoms with E-state index < -0.39 is 0 Å². The summed E-state index contributed by atoms with van der Waals surface area (Å²) in [4.78, 5) is 15.3. The standard InChI is InChI=1S/C14H16N6O/c1-2-21-10-5-3-4-9(6-10)7-16-12-11-13(18-8-17-11)20-14(15)19-12/h3-6,8H,2,7H2,1H3,(H4,15,16,17,18,19,20). The van der Waals surface area contributed by atoms with E-state index in [1.807, 2.05) is 31.2 Å². The van der Waals surface area contributed by atoms with Gasteiger partial charge in [-0.05, 0) is 24.6 Å². The first-order chi connectivity index (χ1) is 10.3. The van der Waals surface area contributed by atoms with E-state index in [9.17, 15) is 0 Å². The van der Waals surface area contributed by atoms with Gasteiger partial charge in [0, 0.05) is 6.54 Å². The maximum absolute atomic E-state index is 5.68. The van der Waals surface area contributed by atoms with Crippen molar-refractivity contribution in [3.05, 3.63) is 36.2 Å². The van der Waals surface area contributed by atoms with E-state index in [1.165, 1.54) is 0 Å². The van der Waals surface area contributed by atoms with Gasteiger partial charge in [0.2, 0.25) is 5.95 Å². The molecule has 0 unspecified atom stereocenters. The number of imidazole rings is 1. The summed E-state index contributed by atoms with van der Waals surface area (Å²) in [7, 11) is 0. The van der Waals surface area contributed by atoms with Gasteiger partial charge in [0.15, 0.2) is 11.5 Å². The first kappa shape index (κ1) is 13.2. The molecule has 0 amide bonds. The largest absolute Gasteiger partial charge is 0.494 e. The Bertz CT molecular complexity index is 754. The quantitative estimate of drug-likeness (QED) is 0.662. The van der Waals surface area contributed by atoms with Gasteiger partial charge in [0.1, 0.15) is 11.3 Å². The molecule has 2 heterocycles. The van der Waals surface area contributed by atoms with Crippen molar-refractivity contribution in [1.29, 1.82) is 0 Å². The second-order valence-electron chi connectivity index (χ2n) is 4.47. The highest BCUT2D eigenvalue weighted by molar-refractivity contribution is 5.83. The van der Waals surface area contributed by atoms with Gasteiger partial charge in [-0.2, -0.15) is 9.97 Å². The minimum atomic E-state index is 0.195. The van der Waals surface area contributed by atoms with Crippen molar-refractivity contribution in [3.63, 3.8) is 0 Å². The maximum atomic E-state index is 5.68. The first-order valence-electron chi connectivity index (χ1n) is 6.68. The van der Waals surface area contributed by atoms with E-state index in [4.69, 9.17) is 10.5 Å². The zero-order valence-electron chi connectivity index (χ0n) is 11.6. The third-order valence-electron chi connectivity index (χ3n) is 2.97. The summed E-state index contributed by atoms with van der Waals surface area (Å²) in [5.41, 5.74) is 8.06. The summed E-state index contributed by atoms with van der Waals surface area (Å²) in [6.07, 6.45) is 1.57. The average Bonchev–Trinajstić information content (AvgIpc) is 2.93. The predicted molar refractivity (Wildman–Crippen MR) is 81.0 cm³/mol. The van der Waals surface area contributed by atoms with E-state index in [-0.39, 0.29) is 5.95 Å². The van der Waals surface area contributed by atoms with Gasteiger partial charge >= 0.3 is 0 Å². The van der Waals surface area contributed by atoms with Crippen molar-refractivity contribution < 1.29 is 4.74 Å². The van der Waals surface area contributed by atoms with E-state index >= 15 is 0 Å². The number of hydrogen-bond acceptors (Lipinski definition) is 6. The molecule has 4 N–H and O–H groups in total. The van der Waals surface area contributed by atoms with E-state index in [1.54, 1.807) is 6.33 Å². The number of aromatic amines is 1. The summed E-state index contributed by atoms with van der Waals surface area (Å²) in [5, 5.41) is 3.24. The van der Waals surface area contributed by atoms with Gasteiger partial charge < -0.3 is 20.8 Å². The molecule has 2 aromatic heterocycles. The SMILES string of the molecule is CCOc1cccc(CNc2nc(N)nc3nc[nH]c23)c1. The van der Waals surface area contributed by atoms with Gasteiger partial charge in [-0.1, -0.05) is 12.1 Å². The van der Waals surface area contributed by atoms with E-state index in [0.29, 0.717) is 24.6 Å². The lowest BCUT2D eigenvalue weighted by Crippen LogP contribution is -2.05. The van der Waals surface area contributed by atoms with Crippen LogP contribution in [0.3, 0.4) is 0 Å². The summed E-state index contributed by atoms with van der Waals surface area (Å²) < 4.78 is 5.49. The van der Waals surface area contributed by atoms with Gasteiger partial charge in [0.05, 0.1) is 12.9 Å². The van der Waals surface area contributed by atoms with Crippen LogP contribution in [0.2, 0.25) is 0 Å². The second-order valence-corrected chi connectivity index (χ2v) is 4.47. The summed E-state index contributed by atoms with van der Waals surface area (Å²) in [6, 6.07) is 7.90. The number of nitrogen functional groups attached to an aromatic ring is 1. The lowest BCUT2D eigenvalue weighted by atomic mass is 10.2. The van der Waals surface area contributed by atoms with Gasteiger partial charge in [-0.15, -0.1) is 0 Å². The van der Waals surface area contributed by atoms with Crippen molar-refractivity contribution in [3.8, 4) is 5.75 Å². The number of benzene rings is 1. The Morgan fingerprint density at radius 3 is 3.10 bits per heavy atom. The van der Waals surface area contributed by atoms with Crippen LogP contribution in [0.4, 0.5) is 11.8 Å². The Labute approximate surface area is 121 Å². The molecule has 0 bridgehead atoms. The minimum Gasteiger partial charge on any atom is -0.494 e. The van der Waals surface area contributed by atoms with Crippen LogP contribution in [0.25, 0.3) is 11.2 Å². The van der Waals surface area contributed by atoms with Crippen molar-refractivity contribution in [2.75, 3.05) is 17.7 Å². The Morgan fingerprint density at radius 2 is 2.24 bits per heavy atom.